The molecule has 0 saturated carbocycles. The van der Waals surface area contributed by atoms with Gasteiger partial charge in [-0.2, -0.15) is 0 Å². The Labute approximate surface area is 114 Å². The van der Waals surface area contributed by atoms with Crippen molar-refractivity contribution in [1.82, 2.24) is 5.32 Å². The van der Waals surface area contributed by atoms with E-state index in [1.807, 2.05) is 0 Å². The van der Waals surface area contributed by atoms with Crippen LogP contribution in [0.2, 0.25) is 0 Å². The monoisotopic (exact) mass is 282 g/mol. The van der Waals surface area contributed by atoms with Gasteiger partial charge < -0.3 is 30.3 Å². The van der Waals surface area contributed by atoms with Crippen LogP contribution < -0.4 is 20.1 Å². The predicted octanol–water partition coefficient (Wildman–Crippen LogP) is 0.0248. The van der Waals surface area contributed by atoms with E-state index in [4.69, 9.17) is 19.7 Å². The van der Waals surface area contributed by atoms with Crippen LogP contribution in [-0.2, 0) is 4.79 Å². The summed E-state index contributed by atoms with van der Waals surface area (Å²) in [6.45, 7) is 0.204. The lowest BCUT2D eigenvalue weighted by Gasteiger charge is -2.19. The minimum Gasteiger partial charge on any atom is -0.486 e. The van der Waals surface area contributed by atoms with Gasteiger partial charge in [-0.3, -0.25) is 0 Å². The fourth-order valence-electron chi connectivity index (χ4n) is 1.63. The number of carbonyl (C=O) groups is 2. The molecule has 2 rings (SSSR count). The minimum absolute atomic E-state index is 0.425. The van der Waals surface area contributed by atoms with Gasteiger partial charge in [0.2, 0.25) is 0 Å². The number of aliphatic carboxylic acids is 1. The van der Waals surface area contributed by atoms with Gasteiger partial charge in [-0.15, -0.1) is 0 Å². The smallest absolute Gasteiger partial charge is 0.328 e. The zero-order chi connectivity index (χ0) is 14.5. The average molecular weight is 282 g/mol. The fraction of sp³-hybridized carbons (Fsp3) is 0.333. The van der Waals surface area contributed by atoms with Crippen molar-refractivity contribution in [2.24, 2.45) is 0 Å². The van der Waals surface area contributed by atoms with Crippen LogP contribution in [0.1, 0.15) is 0 Å². The number of carboxylic acids is 1. The predicted molar refractivity (Wildman–Crippen MR) is 68.1 cm³/mol. The average Bonchev–Trinajstić information content (AvgIpc) is 2.44. The number of hydrogen-bond donors (Lipinski definition) is 4. The van der Waals surface area contributed by atoms with E-state index in [2.05, 4.69) is 10.6 Å². The minimum atomic E-state index is -1.35. The van der Waals surface area contributed by atoms with E-state index in [0.29, 0.717) is 30.4 Å². The van der Waals surface area contributed by atoms with Crippen LogP contribution in [0.25, 0.3) is 0 Å². The molecule has 1 heterocycles. The van der Waals surface area contributed by atoms with Crippen LogP contribution in [0.4, 0.5) is 10.5 Å². The Morgan fingerprint density at radius 3 is 2.60 bits per heavy atom. The third kappa shape index (κ3) is 3.29. The van der Waals surface area contributed by atoms with Crippen molar-refractivity contribution in [3.63, 3.8) is 0 Å². The molecule has 8 nitrogen and oxygen atoms in total. The highest BCUT2D eigenvalue weighted by atomic mass is 16.6. The van der Waals surface area contributed by atoms with Crippen molar-refractivity contribution in [3.8, 4) is 11.5 Å². The van der Waals surface area contributed by atoms with E-state index in [1.54, 1.807) is 18.2 Å². The highest BCUT2D eigenvalue weighted by Crippen LogP contribution is 2.32. The van der Waals surface area contributed by atoms with E-state index in [0.717, 1.165) is 0 Å². The maximum absolute atomic E-state index is 11.6. The molecule has 1 unspecified atom stereocenters. The van der Waals surface area contributed by atoms with Crippen molar-refractivity contribution < 1.29 is 29.3 Å². The Morgan fingerprint density at radius 1 is 1.25 bits per heavy atom. The number of carboxylic acid groups (broad SMARTS) is 1. The summed E-state index contributed by atoms with van der Waals surface area (Å²) in [5, 5.41) is 22.1. The SMILES string of the molecule is O=C(Nc1ccc2c(c1)OCCO2)NC(CO)C(=O)O. The molecule has 0 fully saturated rings. The van der Waals surface area contributed by atoms with Crippen LogP contribution in [-0.4, -0.2) is 48.1 Å². The van der Waals surface area contributed by atoms with E-state index in [1.165, 1.54) is 0 Å². The van der Waals surface area contributed by atoms with Crippen molar-refractivity contribution in [2.45, 2.75) is 6.04 Å². The summed E-state index contributed by atoms with van der Waals surface area (Å²) in [6, 6.07) is 2.73. The Morgan fingerprint density at radius 2 is 1.95 bits per heavy atom. The van der Waals surface area contributed by atoms with Gasteiger partial charge in [-0.05, 0) is 12.1 Å². The van der Waals surface area contributed by atoms with Gasteiger partial charge in [0, 0.05) is 11.8 Å². The molecule has 1 aliphatic heterocycles. The maximum Gasteiger partial charge on any atom is 0.328 e. The third-order valence-corrected chi connectivity index (χ3v) is 2.59. The summed E-state index contributed by atoms with van der Waals surface area (Å²) in [5.74, 6) is -0.225. The Balaban J connectivity index is 1.99. The number of anilines is 1. The first-order chi connectivity index (χ1) is 9.60. The molecule has 20 heavy (non-hydrogen) atoms. The van der Waals surface area contributed by atoms with Crippen molar-refractivity contribution >= 4 is 17.7 Å². The molecule has 1 aliphatic rings. The van der Waals surface area contributed by atoms with Gasteiger partial charge in [0.05, 0.1) is 6.61 Å². The maximum atomic E-state index is 11.6. The zero-order valence-corrected chi connectivity index (χ0v) is 10.5. The molecule has 1 aromatic rings. The molecule has 4 N–H and O–H groups in total. The number of aliphatic hydroxyl groups is 1. The number of hydrogen-bond acceptors (Lipinski definition) is 5. The summed E-state index contributed by atoms with van der Waals surface area (Å²) in [6.07, 6.45) is 0. The molecule has 8 heteroatoms. The van der Waals surface area contributed by atoms with E-state index in [9.17, 15) is 9.59 Å². The van der Waals surface area contributed by atoms with E-state index < -0.39 is 24.6 Å². The summed E-state index contributed by atoms with van der Waals surface area (Å²) in [4.78, 5) is 22.3. The number of nitrogens with one attached hydrogen (secondary N) is 2. The molecule has 0 saturated heterocycles. The van der Waals surface area contributed by atoms with Crippen LogP contribution in [0.15, 0.2) is 18.2 Å². The zero-order valence-electron chi connectivity index (χ0n) is 10.5. The molecule has 1 atom stereocenters. The lowest BCUT2D eigenvalue weighted by molar-refractivity contribution is -0.140. The standard InChI is InChI=1S/C12H14N2O6/c15-6-8(11(16)17)14-12(18)13-7-1-2-9-10(5-7)20-4-3-19-9/h1-2,5,8,15H,3-4,6H2,(H,16,17)(H2,13,14,18). The van der Waals surface area contributed by atoms with Gasteiger partial charge in [-0.1, -0.05) is 0 Å². The molecule has 0 radical (unpaired) electrons. The van der Waals surface area contributed by atoms with Gasteiger partial charge in [0.15, 0.2) is 17.5 Å². The van der Waals surface area contributed by atoms with Crippen LogP contribution in [0, 0.1) is 0 Å². The number of rotatable bonds is 4. The largest absolute Gasteiger partial charge is 0.486 e. The number of aliphatic hydroxyl groups excluding tert-OH is 1. The highest BCUT2D eigenvalue weighted by molar-refractivity contribution is 5.92. The molecule has 0 spiro atoms. The van der Waals surface area contributed by atoms with Crippen LogP contribution in [0.5, 0.6) is 11.5 Å². The topological polar surface area (TPSA) is 117 Å². The second-order valence-electron chi connectivity index (χ2n) is 4.03. The van der Waals surface area contributed by atoms with Crippen LogP contribution in [0.3, 0.4) is 0 Å². The van der Waals surface area contributed by atoms with Crippen molar-refractivity contribution in [3.05, 3.63) is 18.2 Å². The Hall–Kier alpha value is -2.48. The molecular formula is C12H14N2O6. The third-order valence-electron chi connectivity index (χ3n) is 2.59. The molecule has 1 aromatic carbocycles. The lowest BCUT2D eigenvalue weighted by atomic mass is 10.2. The quantitative estimate of drug-likeness (QED) is 0.618. The number of fused-ring (bicyclic) bond motifs is 1. The van der Waals surface area contributed by atoms with Gasteiger partial charge in [-0.25, -0.2) is 9.59 Å². The first-order valence-corrected chi connectivity index (χ1v) is 5.91. The Kier molecular flexibility index (Phi) is 4.26. The number of carbonyl (C=O) groups excluding carboxylic acids is 1. The van der Waals surface area contributed by atoms with E-state index in [-0.39, 0.29) is 0 Å². The Bertz CT molecular complexity index is 519. The summed E-state index contributed by atoms with van der Waals surface area (Å²) < 4.78 is 10.7. The second-order valence-corrected chi connectivity index (χ2v) is 4.03. The summed E-state index contributed by atoms with van der Waals surface area (Å²) in [5.41, 5.74) is 0.425. The molecule has 0 bridgehead atoms. The van der Waals surface area contributed by atoms with Crippen molar-refractivity contribution in [1.29, 1.82) is 0 Å². The molecular weight excluding hydrogens is 268 g/mol. The lowest BCUT2D eigenvalue weighted by Crippen LogP contribution is -2.45. The number of urea groups is 1. The number of benzene rings is 1. The number of ether oxygens (including phenoxy) is 2. The highest BCUT2D eigenvalue weighted by Gasteiger charge is 2.19. The first-order valence-electron chi connectivity index (χ1n) is 5.91. The van der Waals surface area contributed by atoms with Gasteiger partial charge in [0.25, 0.3) is 0 Å². The number of amides is 2. The first kappa shape index (κ1) is 13.9. The molecule has 108 valence electrons. The normalized spacial score (nSPS) is 14.2. The van der Waals surface area contributed by atoms with Gasteiger partial charge in [0.1, 0.15) is 13.2 Å². The van der Waals surface area contributed by atoms with Crippen molar-refractivity contribution in [2.75, 3.05) is 25.1 Å². The summed E-state index contributed by atoms with van der Waals surface area (Å²) in [7, 11) is 0. The summed E-state index contributed by atoms with van der Waals surface area (Å²) >= 11 is 0. The molecule has 2 amide bonds. The van der Waals surface area contributed by atoms with Gasteiger partial charge >= 0.3 is 12.0 Å². The fourth-order valence-corrected chi connectivity index (χ4v) is 1.63. The molecule has 0 aromatic heterocycles. The molecule has 0 aliphatic carbocycles. The van der Waals surface area contributed by atoms with Crippen LogP contribution >= 0.6 is 0 Å². The second kappa shape index (κ2) is 6.11. The van der Waals surface area contributed by atoms with E-state index >= 15 is 0 Å².